The summed E-state index contributed by atoms with van der Waals surface area (Å²) in [6.45, 7) is 0. The highest BCUT2D eigenvalue weighted by Gasteiger charge is 2.04. The summed E-state index contributed by atoms with van der Waals surface area (Å²) < 4.78 is 9.71. The summed E-state index contributed by atoms with van der Waals surface area (Å²) in [4.78, 5) is 30.4. The Morgan fingerprint density at radius 3 is 1.60 bits per heavy atom. The van der Waals surface area contributed by atoms with E-state index in [1.807, 2.05) is 0 Å². The Hall–Kier alpha value is -3.02. The minimum Gasteiger partial charge on any atom is -0.404 e. The summed E-state index contributed by atoms with van der Waals surface area (Å²) in [5, 5.41) is 0. The van der Waals surface area contributed by atoms with Gasteiger partial charge in [-0.25, -0.2) is 19.6 Å². The molecule has 0 aliphatic rings. The van der Waals surface area contributed by atoms with Crippen molar-refractivity contribution in [2.75, 3.05) is 0 Å². The van der Waals surface area contributed by atoms with Crippen molar-refractivity contribution in [3.63, 3.8) is 0 Å². The van der Waals surface area contributed by atoms with E-state index < -0.39 is 11.9 Å². The van der Waals surface area contributed by atoms with Gasteiger partial charge in [0.05, 0.1) is 0 Å². The molecule has 0 amide bonds. The Morgan fingerprint density at radius 1 is 0.800 bits per heavy atom. The molecule has 2 aromatic heterocycles. The minimum absolute atomic E-state index is 0.153. The topological polar surface area (TPSA) is 78.4 Å². The van der Waals surface area contributed by atoms with Gasteiger partial charge in [-0.3, -0.25) is 0 Å². The predicted octanol–water partition coefficient (Wildman–Crippen LogP) is 1.54. The Labute approximate surface area is 114 Å². The van der Waals surface area contributed by atoms with Crippen LogP contribution in [0.4, 0.5) is 0 Å². The number of rotatable bonds is 4. The molecular weight excluding hydrogens is 260 g/mol. The minimum atomic E-state index is -0.721. The van der Waals surface area contributed by atoms with E-state index >= 15 is 0 Å². The van der Waals surface area contributed by atoms with Gasteiger partial charge in [-0.2, -0.15) is 0 Å². The smallest absolute Gasteiger partial charge is 0.337 e. The number of nitrogens with zero attached hydrogens (tertiary/aromatic N) is 2. The highest BCUT2D eigenvalue weighted by molar-refractivity contribution is 5.93. The molecule has 0 N–H and O–H groups in total. The van der Waals surface area contributed by atoms with Crippen molar-refractivity contribution in [2.45, 2.75) is 0 Å². The van der Waals surface area contributed by atoms with Crippen molar-refractivity contribution in [3.8, 4) is 11.8 Å². The monoisotopic (exact) mass is 270 g/mol. The van der Waals surface area contributed by atoms with Crippen LogP contribution >= 0.6 is 0 Å². The summed E-state index contributed by atoms with van der Waals surface area (Å²) >= 11 is 0. The maximum atomic E-state index is 11.4. The quantitative estimate of drug-likeness (QED) is 0.619. The van der Waals surface area contributed by atoms with Gasteiger partial charge in [0, 0.05) is 36.7 Å². The van der Waals surface area contributed by atoms with E-state index in [0.29, 0.717) is 0 Å². The lowest BCUT2D eigenvalue weighted by molar-refractivity contribution is -0.131. The van der Waals surface area contributed by atoms with Gasteiger partial charge >= 0.3 is 11.9 Å². The Kier molecular flexibility index (Phi) is 4.55. The zero-order chi connectivity index (χ0) is 14.2. The predicted molar refractivity (Wildman–Crippen MR) is 68.9 cm³/mol. The average Bonchev–Trinajstić information content (AvgIpc) is 2.47. The van der Waals surface area contributed by atoms with Crippen LogP contribution in [0.1, 0.15) is 0 Å². The molecule has 0 spiro atoms. The van der Waals surface area contributed by atoms with Crippen LogP contribution < -0.4 is 9.47 Å². The molecule has 6 heteroatoms. The summed E-state index contributed by atoms with van der Waals surface area (Å²) in [6, 6.07) is 9.79. The largest absolute Gasteiger partial charge is 0.404 e. The zero-order valence-electron chi connectivity index (χ0n) is 10.3. The number of ether oxygens (including phenoxy) is 2. The standard InChI is InChI=1S/C14H10N2O4/c17-13(19-11-5-1-3-9-15-11)7-8-14(18)20-12-6-2-4-10-16-12/h1-10H/b8-7-. The molecule has 0 saturated carbocycles. The number of carbonyl (C=O) groups excluding carboxylic acids is 2. The SMILES string of the molecule is O=C(/C=C\C(=O)Oc1ccccn1)Oc1ccccn1. The van der Waals surface area contributed by atoms with Crippen LogP contribution in [0.15, 0.2) is 60.9 Å². The summed E-state index contributed by atoms with van der Waals surface area (Å²) in [5.41, 5.74) is 0. The lowest BCUT2D eigenvalue weighted by Gasteiger charge is -1.99. The average molecular weight is 270 g/mol. The molecule has 2 aromatic rings. The van der Waals surface area contributed by atoms with E-state index in [2.05, 4.69) is 9.97 Å². The fourth-order valence-corrected chi connectivity index (χ4v) is 1.23. The zero-order valence-corrected chi connectivity index (χ0v) is 10.3. The van der Waals surface area contributed by atoms with Crippen molar-refractivity contribution < 1.29 is 19.1 Å². The van der Waals surface area contributed by atoms with Crippen molar-refractivity contribution in [2.24, 2.45) is 0 Å². The molecule has 0 radical (unpaired) electrons. The van der Waals surface area contributed by atoms with Gasteiger partial charge < -0.3 is 9.47 Å². The van der Waals surface area contributed by atoms with Gasteiger partial charge in [-0.15, -0.1) is 0 Å². The summed E-state index contributed by atoms with van der Waals surface area (Å²) in [5.74, 6) is -1.14. The number of hydrogen-bond acceptors (Lipinski definition) is 6. The van der Waals surface area contributed by atoms with E-state index in [9.17, 15) is 9.59 Å². The first-order valence-electron chi connectivity index (χ1n) is 5.68. The molecule has 0 aliphatic heterocycles. The number of carbonyl (C=O) groups is 2. The molecule has 0 aromatic carbocycles. The first-order valence-corrected chi connectivity index (χ1v) is 5.68. The number of esters is 2. The maximum absolute atomic E-state index is 11.4. The second kappa shape index (κ2) is 6.79. The van der Waals surface area contributed by atoms with Crippen LogP contribution in [-0.4, -0.2) is 21.9 Å². The lowest BCUT2D eigenvalue weighted by atomic mass is 10.4. The van der Waals surface area contributed by atoms with Gasteiger partial charge in [0.25, 0.3) is 0 Å². The van der Waals surface area contributed by atoms with Gasteiger partial charge in [-0.05, 0) is 12.1 Å². The third kappa shape index (κ3) is 4.34. The molecule has 0 saturated heterocycles. The van der Waals surface area contributed by atoms with E-state index in [4.69, 9.17) is 9.47 Å². The summed E-state index contributed by atoms with van der Waals surface area (Å²) in [6.07, 6.45) is 4.89. The first-order chi connectivity index (χ1) is 9.74. The number of aromatic nitrogens is 2. The van der Waals surface area contributed by atoms with E-state index in [1.165, 1.54) is 24.5 Å². The third-order valence-corrected chi connectivity index (χ3v) is 2.04. The molecule has 2 rings (SSSR count). The van der Waals surface area contributed by atoms with Gasteiger partial charge in [0.1, 0.15) is 0 Å². The van der Waals surface area contributed by atoms with Crippen LogP contribution in [0.2, 0.25) is 0 Å². The van der Waals surface area contributed by atoms with Gasteiger partial charge in [0.2, 0.25) is 11.8 Å². The molecule has 20 heavy (non-hydrogen) atoms. The molecule has 0 bridgehead atoms. The second-order valence-corrected chi connectivity index (χ2v) is 3.51. The fraction of sp³-hybridized carbons (Fsp3) is 0. The van der Waals surface area contributed by atoms with E-state index in [-0.39, 0.29) is 11.8 Å². The number of hydrogen-bond donors (Lipinski definition) is 0. The molecule has 0 fully saturated rings. The van der Waals surface area contributed by atoms with E-state index in [1.54, 1.807) is 24.3 Å². The second-order valence-electron chi connectivity index (χ2n) is 3.51. The van der Waals surface area contributed by atoms with Crippen LogP contribution in [0.3, 0.4) is 0 Å². The molecular formula is C14H10N2O4. The van der Waals surface area contributed by atoms with Crippen LogP contribution in [-0.2, 0) is 9.59 Å². The molecule has 2 heterocycles. The third-order valence-electron chi connectivity index (χ3n) is 2.04. The highest BCUT2D eigenvalue weighted by Crippen LogP contribution is 2.05. The lowest BCUT2D eigenvalue weighted by Crippen LogP contribution is -2.09. The van der Waals surface area contributed by atoms with Crippen LogP contribution in [0, 0.1) is 0 Å². The van der Waals surface area contributed by atoms with Gasteiger partial charge in [-0.1, -0.05) is 12.1 Å². The van der Waals surface area contributed by atoms with Crippen LogP contribution in [0.25, 0.3) is 0 Å². The number of pyridine rings is 2. The van der Waals surface area contributed by atoms with Crippen molar-refractivity contribution in [1.29, 1.82) is 0 Å². The molecule has 0 atom stereocenters. The Balaban J connectivity index is 1.86. The molecule has 6 nitrogen and oxygen atoms in total. The highest BCUT2D eigenvalue weighted by atomic mass is 16.5. The Bertz CT molecular complexity index is 556. The van der Waals surface area contributed by atoms with Crippen molar-refractivity contribution >= 4 is 11.9 Å². The van der Waals surface area contributed by atoms with Gasteiger partial charge in [0.15, 0.2) is 0 Å². The fourth-order valence-electron chi connectivity index (χ4n) is 1.23. The molecule has 0 unspecified atom stereocenters. The first kappa shape index (κ1) is 13.4. The molecule has 100 valence electrons. The van der Waals surface area contributed by atoms with Crippen molar-refractivity contribution in [3.05, 3.63) is 60.9 Å². The van der Waals surface area contributed by atoms with Crippen molar-refractivity contribution in [1.82, 2.24) is 9.97 Å². The maximum Gasteiger partial charge on any atom is 0.337 e. The normalized spacial score (nSPS) is 10.2. The van der Waals surface area contributed by atoms with E-state index in [0.717, 1.165) is 12.2 Å². The van der Waals surface area contributed by atoms with Crippen LogP contribution in [0.5, 0.6) is 11.8 Å². The Morgan fingerprint density at radius 2 is 1.25 bits per heavy atom. The molecule has 0 aliphatic carbocycles. The summed E-state index contributed by atoms with van der Waals surface area (Å²) in [7, 11) is 0.